The lowest BCUT2D eigenvalue weighted by atomic mass is 10.1. The van der Waals surface area contributed by atoms with Crippen LogP contribution < -0.4 is 10.1 Å². The van der Waals surface area contributed by atoms with Gasteiger partial charge in [0.05, 0.1) is 18.4 Å². The third-order valence-electron chi connectivity index (χ3n) is 4.39. The van der Waals surface area contributed by atoms with E-state index in [1.165, 1.54) is 36.7 Å². The molecule has 0 unspecified atom stereocenters. The first-order chi connectivity index (χ1) is 14.8. The van der Waals surface area contributed by atoms with Crippen LogP contribution in [0.15, 0.2) is 35.8 Å². The lowest BCUT2D eigenvalue weighted by molar-refractivity contribution is -0.131. The molecule has 0 amide bonds. The van der Waals surface area contributed by atoms with E-state index in [1.807, 2.05) is 19.2 Å². The number of thiophene rings is 1. The fourth-order valence-corrected chi connectivity index (χ4v) is 4.56. The Kier molecular flexibility index (Phi) is 6.84. The van der Waals surface area contributed by atoms with Crippen LogP contribution in [-0.2, 0) is 9.53 Å². The summed E-state index contributed by atoms with van der Waals surface area (Å²) >= 11 is 2.76. The van der Waals surface area contributed by atoms with Gasteiger partial charge in [-0.3, -0.25) is 4.79 Å². The van der Waals surface area contributed by atoms with Crippen molar-refractivity contribution in [1.29, 1.82) is 5.26 Å². The summed E-state index contributed by atoms with van der Waals surface area (Å²) < 4.78 is 9.91. The van der Waals surface area contributed by atoms with Gasteiger partial charge in [-0.05, 0) is 43.7 Å². The minimum Gasteiger partial charge on any atom is -0.465 e. The van der Waals surface area contributed by atoms with E-state index in [9.17, 15) is 14.9 Å². The summed E-state index contributed by atoms with van der Waals surface area (Å²) in [7, 11) is 1.34. The summed E-state index contributed by atoms with van der Waals surface area (Å²) in [4.78, 5) is 28.7. The van der Waals surface area contributed by atoms with E-state index < -0.39 is 5.97 Å². The van der Waals surface area contributed by atoms with Crippen LogP contribution in [-0.4, -0.2) is 24.0 Å². The fraction of sp³-hybridized carbons (Fsp3) is 0.182. The summed E-state index contributed by atoms with van der Waals surface area (Å²) in [5.41, 5.74) is 3.19. The Hall–Kier alpha value is -3.48. The number of anilines is 1. The van der Waals surface area contributed by atoms with Crippen LogP contribution in [0.3, 0.4) is 0 Å². The van der Waals surface area contributed by atoms with E-state index in [2.05, 4.69) is 16.4 Å². The van der Waals surface area contributed by atoms with Gasteiger partial charge in [0.25, 0.3) is 0 Å². The van der Waals surface area contributed by atoms with Crippen LogP contribution in [0, 0.1) is 25.2 Å². The number of nitrogens with one attached hydrogen (secondary N) is 1. The number of hydrogen-bond donors (Lipinski definition) is 1. The Morgan fingerprint density at radius 1 is 1.23 bits per heavy atom. The second-order valence-electron chi connectivity index (χ2n) is 6.45. The van der Waals surface area contributed by atoms with Crippen LogP contribution in [0.4, 0.5) is 5.00 Å². The molecule has 0 fully saturated rings. The smallest absolute Gasteiger partial charge is 0.341 e. The molecular formula is C22H19N3O4S2. The molecule has 2 aromatic heterocycles. The highest BCUT2D eigenvalue weighted by Crippen LogP contribution is 2.34. The number of aryl methyl sites for hydroxylation is 1. The number of nitrogens with zero attached hydrogens (tertiary/aromatic N) is 2. The average molecular weight is 454 g/mol. The Bertz CT molecular complexity index is 1200. The van der Waals surface area contributed by atoms with Crippen LogP contribution in [0.2, 0.25) is 0 Å². The van der Waals surface area contributed by atoms with E-state index in [1.54, 1.807) is 30.5 Å². The average Bonchev–Trinajstić information content (AvgIpc) is 3.33. The first kappa shape index (κ1) is 22.2. The molecule has 9 heteroatoms. The normalized spacial score (nSPS) is 11.0. The monoisotopic (exact) mass is 453 g/mol. The number of allylic oxidation sites excluding steroid dienone is 1. The molecule has 0 saturated carbocycles. The number of benzene rings is 1. The molecule has 0 saturated heterocycles. The highest BCUT2D eigenvalue weighted by molar-refractivity contribution is 7.16. The number of methoxy groups -OCH3 is 1. The Morgan fingerprint density at radius 3 is 2.55 bits per heavy atom. The molecule has 1 N–H and O–H groups in total. The van der Waals surface area contributed by atoms with Gasteiger partial charge in [0, 0.05) is 28.9 Å². The SMILES string of the molecule is COC(=O)c1c(N/C=C(/C#N)c2nc(-c3ccc(OC(C)=O)cc3)cs2)sc(C)c1C. The maximum atomic E-state index is 12.1. The molecule has 0 radical (unpaired) electrons. The Labute approximate surface area is 187 Å². The Balaban J connectivity index is 1.83. The second kappa shape index (κ2) is 9.55. The zero-order chi connectivity index (χ0) is 22.5. The van der Waals surface area contributed by atoms with Gasteiger partial charge >= 0.3 is 11.9 Å². The second-order valence-corrected chi connectivity index (χ2v) is 8.53. The molecule has 158 valence electrons. The molecule has 0 atom stereocenters. The van der Waals surface area contributed by atoms with E-state index in [0.717, 1.165) is 16.0 Å². The number of thiazole rings is 1. The third kappa shape index (κ3) is 4.99. The first-order valence-electron chi connectivity index (χ1n) is 9.14. The van der Waals surface area contributed by atoms with Gasteiger partial charge in [-0.2, -0.15) is 5.26 Å². The maximum Gasteiger partial charge on any atom is 0.341 e. The van der Waals surface area contributed by atoms with Crippen molar-refractivity contribution in [3.8, 4) is 23.1 Å². The number of carbonyl (C=O) groups excluding carboxylic acids is 2. The molecule has 3 rings (SSSR count). The number of rotatable bonds is 6. The van der Waals surface area contributed by atoms with Crippen LogP contribution in [0.5, 0.6) is 5.75 Å². The highest BCUT2D eigenvalue weighted by atomic mass is 32.1. The van der Waals surface area contributed by atoms with Crippen molar-refractivity contribution in [2.45, 2.75) is 20.8 Å². The molecule has 31 heavy (non-hydrogen) atoms. The number of esters is 2. The van der Waals surface area contributed by atoms with E-state index in [0.29, 0.717) is 32.6 Å². The van der Waals surface area contributed by atoms with Crippen LogP contribution in [0.25, 0.3) is 16.8 Å². The van der Waals surface area contributed by atoms with Gasteiger partial charge in [-0.1, -0.05) is 0 Å². The van der Waals surface area contributed by atoms with E-state index >= 15 is 0 Å². The summed E-state index contributed by atoms with van der Waals surface area (Å²) in [6.07, 6.45) is 1.55. The molecule has 0 aliphatic heterocycles. The van der Waals surface area contributed by atoms with E-state index in [-0.39, 0.29) is 5.97 Å². The van der Waals surface area contributed by atoms with Gasteiger partial charge in [-0.25, -0.2) is 9.78 Å². The number of aromatic nitrogens is 1. The fourth-order valence-electron chi connectivity index (χ4n) is 2.75. The standard InChI is InChI=1S/C22H19N3O4S2/c1-12-13(2)31-21(19(12)22(27)28-4)24-10-16(9-23)20-25-18(11-30-20)15-5-7-17(8-6-15)29-14(3)26/h5-8,10-11,24H,1-4H3/b16-10-. The molecule has 1 aromatic carbocycles. The quantitative estimate of drug-likeness (QED) is 0.312. The summed E-state index contributed by atoms with van der Waals surface area (Å²) in [5, 5.41) is 15.7. The molecule has 2 heterocycles. The van der Waals surface area contributed by atoms with Crippen molar-refractivity contribution >= 4 is 45.2 Å². The van der Waals surface area contributed by atoms with Crippen molar-refractivity contribution in [1.82, 2.24) is 4.98 Å². The first-order valence-corrected chi connectivity index (χ1v) is 10.8. The lowest BCUT2D eigenvalue weighted by Crippen LogP contribution is -2.04. The van der Waals surface area contributed by atoms with Crippen LogP contribution in [0.1, 0.15) is 32.7 Å². The number of ether oxygens (including phenoxy) is 2. The minimum absolute atomic E-state index is 0.340. The predicted octanol–water partition coefficient (Wildman–Crippen LogP) is 5.18. The van der Waals surface area contributed by atoms with Crippen molar-refractivity contribution in [2.24, 2.45) is 0 Å². The summed E-state index contributed by atoms with van der Waals surface area (Å²) in [5.74, 6) is -0.354. The molecule has 0 aliphatic rings. The molecule has 7 nitrogen and oxygen atoms in total. The van der Waals surface area contributed by atoms with Gasteiger partial charge in [0.2, 0.25) is 0 Å². The van der Waals surface area contributed by atoms with Gasteiger partial charge in [0.15, 0.2) is 0 Å². The third-order valence-corrected chi connectivity index (χ3v) is 6.40. The largest absolute Gasteiger partial charge is 0.465 e. The predicted molar refractivity (Wildman–Crippen MR) is 121 cm³/mol. The Morgan fingerprint density at radius 2 is 1.94 bits per heavy atom. The van der Waals surface area contributed by atoms with Crippen molar-refractivity contribution < 1.29 is 19.1 Å². The lowest BCUT2D eigenvalue weighted by Gasteiger charge is -2.04. The zero-order valence-electron chi connectivity index (χ0n) is 17.3. The van der Waals surface area contributed by atoms with Gasteiger partial charge < -0.3 is 14.8 Å². The van der Waals surface area contributed by atoms with Crippen molar-refractivity contribution in [3.63, 3.8) is 0 Å². The van der Waals surface area contributed by atoms with E-state index in [4.69, 9.17) is 9.47 Å². The highest BCUT2D eigenvalue weighted by Gasteiger charge is 2.20. The van der Waals surface area contributed by atoms with Crippen molar-refractivity contribution in [3.05, 3.63) is 56.9 Å². The summed E-state index contributed by atoms with van der Waals surface area (Å²) in [6.45, 7) is 5.13. The summed E-state index contributed by atoms with van der Waals surface area (Å²) in [6, 6.07) is 9.12. The number of carbonyl (C=O) groups is 2. The molecule has 3 aromatic rings. The van der Waals surface area contributed by atoms with Gasteiger partial charge in [0.1, 0.15) is 27.4 Å². The maximum absolute atomic E-state index is 12.1. The topological polar surface area (TPSA) is 101 Å². The number of hydrogen-bond acceptors (Lipinski definition) is 9. The van der Waals surface area contributed by atoms with Gasteiger partial charge in [-0.15, -0.1) is 22.7 Å². The molecule has 0 aliphatic carbocycles. The minimum atomic E-state index is -0.426. The molecular weight excluding hydrogens is 434 g/mol. The van der Waals surface area contributed by atoms with Crippen molar-refractivity contribution in [2.75, 3.05) is 12.4 Å². The van der Waals surface area contributed by atoms with Crippen LogP contribution >= 0.6 is 22.7 Å². The zero-order valence-corrected chi connectivity index (χ0v) is 18.9. The molecule has 0 spiro atoms. The molecule has 0 bridgehead atoms. The number of nitriles is 1.